The van der Waals surface area contributed by atoms with Gasteiger partial charge in [-0.2, -0.15) is 0 Å². The minimum atomic E-state index is -3.94. The number of ether oxygens (including phenoxy) is 2. The van der Waals surface area contributed by atoms with E-state index in [1.165, 1.54) is 17.0 Å². The zero-order valence-electron chi connectivity index (χ0n) is 23.2. The van der Waals surface area contributed by atoms with Gasteiger partial charge in [0, 0.05) is 25.2 Å². The number of carbonyl (C=O) groups excluding carboxylic acids is 2. The normalized spacial score (nSPS) is 17.9. The fraction of sp³-hybridized carbons (Fsp3) is 0.357. The molecule has 3 aromatic rings. The number of fused-ring (bicyclic) bond motifs is 1. The maximum atomic E-state index is 13.6. The van der Waals surface area contributed by atoms with E-state index in [4.69, 9.17) is 9.47 Å². The number of rotatable bonds is 9. The Labute approximate surface area is 243 Å². The minimum absolute atomic E-state index is 0.0632. The summed E-state index contributed by atoms with van der Waals surface area (Å²) in [6, 6.07) is 13.8. The van der Waals surface area contributed by atoms with Crippen LogP contribution in [0.2, 0.25) is 0 Å². The molecular weight excluding hydrogens is 568 g/mol. The fourth-order valence-electron chi connectivity index (χ4n) is 4.40. The molecule has 0 fully saturated rings. The van der Waals surface area contributed by atoms with Crippen molar-refractivity contribution < 1.29 is 32.6 Å². The van der Waals surface area contributed by atoms with Crippen molar-refractivity contribution in [1.29, 1.82) is 0 Å². The smallest absolute Gasteiger partial charge is 0.321 e. The second kappa shape index (κ2) is 12.8. The molecule has 0 spiro atoms. The van der Waals surface area contributed by atoms with Crippen molar-refractivity contribution in [2.24, 2.45) is 5.92 Å². The summed E-state index contributed by atoms with van der Waals surface area (Å²) in [6.07, 6.45) is -0.630. The molecule has 41 heavy (non-hydrogen) atoms. The van der Waals surface area contributed by atoms with E-state index < -0.39 is 28.1 Å². The highest BCUT2D eigenvalue weighted by Crippen LogP contribution is 2.36. The van der Waals surface area contributed by atoms with E-state index in [9.17, 15) is 23.1 Å². The van der Waals surface area contributed by atoms with Crippen LogP contribution in [0.1, 0.15) is 24.2 Å². The number of carbonyl (C=O) groups is 2. The molecule has 13 heteroatoms. The molecule has 0 unspecified atom stereocenters. The van der Waals surface area contributed by atoms with Gasteiger partial charge >= 0.3 is 6.03 Å². The number of hydrogen-bond donors (Lipinski definition) is 3. The summed E-state index contributed by atoms with van der Waals surface area (Å²) in [7, 11) is -0.759. The first-order valence-corrected chi connectivity index (χ1v) is 15.3. The van der Waals surface area contributed by atoms with Gasteiger partial charge in [0.25, 0.3) is 15.9 Å². The number of nitrogens with one attached hydrogen (secondary N) is 2. The molecule has 0 saturated carbocycles. The highest BCUT2D eigenvalue weighted by atomic mass is 32.2. The van der Waals surface area contributed by atoms with Crippen LogP contribution in [0.15, 0.2) is 64.2 Å². The molecule has 0 bridgehead atoms. The lowest BCUT2D eigenvalue weighted by Crippen LogP contribution is -2.50. The van der Waals surface area contributed by atoms with E-state index in [1.807, 2.05) is 6.92 Å². The van der Waals surface area contributed by atoms with Crippen LogP contribution < -0.4 is 19.5 Å². The average molecular weight is 603 g/mol. The molecule has 0 saturated heterocycles. The van der Waals surface area contributed by atoms with E-state index in [0.717, 1.165) is 11.3 Å². The van der Waals surface area contributed by atoms with Crippen molar-refractivity contribution >= 4 is 44.7 Å². The largest absolute Gasteiger partial charge is 0.497 e. The van der Waals surface area contributed by atoms with Crippen molar-refractivity contribution in [3.63, 3.8) is 0 Å². The fourth-order valence-corrected chi connectivity index (χ4v) is 6.45. The number of likely N-dealkylation sites (N-methyl/N-ethyl adjacent to an activating group) is 1. The number of para-hydroxylation sites is 1. The zero-order chi connectivity index (χ0) is 29.7. The molecule has 0 radical (unpaired) electrons. The maximum Gasteiger partial charge on any atom is 0.321 e. The summed E-state index contributed by atoms with van der Waals surface area (Å²) in [5.74, 6) is 0.0377. The topological polar surface area (TPSA) is 138 Å². The van der Waals surface area contributed by atoms with Gasteiger partial charge in [0.2, 0.25) is 0 Å². The molecule has 1 aliphatic rings. The summed E-state index contributed by atoms with van der Waals surface area (Å²) in [4.78, 5) is 29.7. The highest BCUT2D eigenvalue weighted by Gasteiger charge is 2.35. The third-order valence-corrected chi connectivity index (χ3v) is 9.60. The Kier molecular flexibility index (Phi) is 9.41. The molecular formula is C28H34N4O7S2. The van der Waals surface area contributed by atoms with Crippen molar-refractivity contribution in [1.82, 2.24) is 9.80 Å². The Hall–Kier alpha value is -3.81. The lowest BCUT2D eigenvalue weighted by molar-refractivity contribution is 0.0373. The average Bonchev–Trinajstić information content (AvgIpc) is 3.51. The molecule has 0 aliphatic carbocycles. The monoisotopic (exact) mass is 602 g/mol. The molecule has 2 heterocycles. The molecule has 3 amide bonds. The molecule has 220 valence electrons. The summed E-state index contributed by atoms with van der Waals surface area (Å²) in [6.45, 7) is 3.75. The van der Waals surface area contributed by atoms with Crippen molar-refractivity contribution in [3.8, 4) is 11.5 Å². The highest BCUT2D eigenvalue weighted by molar-refractivity contribution is 7.94. The van der Waals surface area contributed by atoms with E-state index >= 15 is 0 Å². The van der Waals surface area contributed by atoms with Crippen LogP contribution in [0.25, 0.3) is 0 Å². The van der Waals surface area contributed by atoms with E-state index in [2.05, 4.69) is 10.0 Å². The molecule has 3 N–H and O–H groups in total. The van der Waals surface area contributed by atoms with Crippen LogP contribution in [0.4, 0.5) is 16.2 Å². The van der Waals surface area contributed by atoms with E-state index in [1.54, 1.807) is 73.8 Å². The van der Waals surface area contributed by atoms with Crippen LogP contribution in [0.3, 0.4) is 0 Å². The maximum absolute atomic E-state index is 13.6. The first-order valence-electron chi connectivity index (χ1n) is 13.0. The van der Waals surface area contributed by atoms with Crippen molar-refractivity contribution in [2.75, 3.05) is 43.9 Å². The van der Waals surface area contributed by atoms with Crippen LogP contribution in [-0.4, -0.2) is 81.3 Å². The van der Waals surface area contributed by atoms with Gasteiger partial charge in [-0.1, -0.05) is 19.1 Å². The molecule has 1 aliphatic heterocycles. The molecule has 1 aromatic heterocycles. The van der Waals surface area contributed by atoms with Gasteiger partial charge in [0.15, 0.2) is 5.75 Å². The number of nitrogens with zero attached hydrogens (tertiary/aromatic N) is 2. The van der Waals surface area contributed by atoms with E-state index in [0.29, 0.717) is 11.4 Å². The number of benzene rings is 2. The third-order valence-electron chi connectivity index (χ3n) is 6.84. The summed E-state index contributed by atoms with van der Waals surface area (Å²) in [5, 5.41) is 14.4. The Morgan fingerprint density at radius 2 is 1.95 bits per heavy atom. The SMILES string of the molecule is COc1ccc(NC(=O)N(C)C[C@@H]2Oc3c(NS(=O)(=O)c4cccs4)cccc3C(=O)N([C@@H](C)CO)C[C@H]2C)cc1. The molecule has 2 aromatic carbocycles. The van der Waals surface area contributed by atoms with Crippen molar-refractivity contribution in [3.05, 3.63) is 65.5 Å². The van der Waals surface area contributed by atoms with Crippen LogP contribution in [0.5, 0.6) is 11.5 Å². The quantitative estimate of drug-likeness (QED) is 0.337. The van der Waals surface area contributed by atoms with Crippen LogP contribution in [-0.2, 0) is 10.0 Å². The Morgan fingerprint density at radius 1 is 1.22 bits per heavy atom. The number of aliphatic hydroxyl groups excluding tert-OH is 1. The number of methoxy groups -OCH3 is 1. The number of aliphatic hydroxyl groups is 1. The zero-order valence-corrected chi connectivity index (χ0v) is 24.9. The van der Waals surface area contributed by atoms with Gasteiger partial charge in [0.05, 0.1) is 37.6 Å². The molecule has 3 atom stereocenters. The lowest BCUT2D eigenvalue weighted by Gasteiger charge is -2.38. The Morgan fingerprint density at radius 3 is 2.59 bits per heavy atom. The van der Waals surface area contributed by atoms with Gasteiger partial charge < -0.3 is 29.7 Å². The van der Waals surface area contributed by atoms with Gasteiger partial charge in [0.1, 0.15) is 16.1 Å². The van der Waals surface area contributed by atoms with E-state index in [-0.39, 0.29) is 52.9 Å². The minimum Gasteiger partial charge on any atom is -0.497 e. The number of hydrogen-bond acceptors (Lipinski definition) is 8. The van der Waals surface area contributed by atoms with Crippen LogP contribution in [0, 0.1) is 5.92 Å². The predicted octanol–water partition coefficient (Wildman–Crippen LogP) is 3.94. The summed E-state index contributed by atoms with van der Waals surface area (Å²) >= 11 is 1.06. The molecule has 11 nitrogen and oxygen atoms in total. The second-order valence-corrected chi connectivity index (χ2v) is 12.7. The number of anilines is 2. The summed E-state index contributed by atoms with van der Waals surface area (Å²) in [5.41, 5.74) is 0.836. The van der Waals surface area contributed by atoms with Gasteiger partial charge in [-0.15, -0.1) is 11.3 Å². The Bertz CT molecular complexity index is 1460. The second-order valence-electron chi connectivity index (χ2n) is 9.88. The predicted molar refractivity (Wildman–Crippen MR) is 157 cm³/mol. The molecule has 4 rings (SSSR count). The lowest BCUT2D eigenvalue weighted by atomic mass is 9.99. The van der Waals surface area contributed by atoms with Crippen molar-refractivity contribution in [2.45, 2.75) is 30.2 Å². The number of thiophene rings is 1. The summed E-state index contributed by atoms with van der Waals surface area (Å²) < 4.78 is 40.4. The standard InChI is InChI=1S/C28H34N4O7S2/c1-18-15-32(19(2)17-33)27(34)22-7-5-8-23(30-41(36,37)25-9-6-14-40-25)26(22)39-24(18)16-31(3)28(35)29-20-10-12-21(38-4)13-11-20/h5-14,18-19,24,30,33H,15-17H2,1-4H3,(H,29,35)/t18-,19+,24+/m1/s1. The van der Waals surface area contributed by atoms with Gasteiger partial charge in [-0.25, -0.2) is 13.2 Å². The van der Waals surface area contributed by atoms with Gasteiger partial charge in [-0.05, 0) is 54.8 Å². The first kappa shape index (κ1) is 30.2. The Balaban J connectivity index is 1.65. The third kappa shape index (κ3) is 6.92. The first-order chi connectivity index (χ1) is 19.5. The van der Waals surface area contributed by atoms with Crippen LogP contribution >= 0.6 is 11.3 Å². The number of urea groups is 1. The number of sulfonamides is 1. The van der Waals surface area contributed by atoms with Gasteiger partial charge in [-0.3, -0.25) is 9.52 Å². The number of amides is 3.